The predicted octanol–water partition coefficient (Wildman–Crippen LogP) is 2.83. The van der Waals surface area contributed by atoms with Crippen molar-refractivity contribution >= 4 is 34.3 Å². The van der Waals surface area contributed by atoms with E-state index in [0.29, 0.717) is 42.6 Å². The molecule has 0 unspecified atom stereocenters. The lowest BCUT2D eigenvalue weighted by molar-refractivity contribution is -0.141. The van der Waals surface area contributed by atoms with Gasteiger partial charge in [0.2, 0.25) is 11.8 Å². The van der Waals surface area contributed by atoms with Crippen molar-refractivity contribution in [3.05, 3.63) is 54.0 Å². The number of likely N-dealkylation sites (tertiary alicyclic amines) is 1. The number of carbonyl (C=O) groups excluding carboxylic acids is 3. The second-order valence-electron chi connectivity index (χ2n) is 9.29. The van der Waals surface area contributed by atoms with Crippen molar-refractivity contribution in [1.82, 2.24) is 25.0 Å². The topological polar surface area (TPSA) is 109 Å². The number of fused-ring (bicyclic) bond motifs is 1. The lowest BCUT2D eigenvalue weighted by Gasteiger charge is -2.38. The van der Waals surface area contributed by atoms with Gasteiger partial charge in [-0.05, 0) is 48.6 Å². The zero-order valence-electron chi connectivity index (χ0n) is 19.1. The quantitative estimate of drug-likeness (QED) is 0.573. The van der Waals surface area contributed by atoms with Crippen LogP contribution < -0.4 is 10.6 Å². The minimum absolute atomic E-state index is 0.0430. The first-order valence-corrected chi connectivity index (χ1v) is 11.5. The summed E-state index contributed by atoms with van der Waals surface area (Å²) in [4.78, 5) is 42.0. The molecule has 1 aromatic carbocycles. The highest BCUT2D eigenvalue weighted by Gasteiger charge is 2.41. The van der Waals surface area contributed by atoms with Gasteiger partial charge in [0, 0.05) is 43.3 Å². The van der Waals surface area contributed by atoms with Crippen molar-refractivity contribution < 1.29 is 27.6 Å². The van der Waals surface area contributed by atoms with E-state index in [1.807, 2.05) is 0 Å². The van der Waals surface area contributed by atoms with E-state index in [-0.39, 0.29) is 29.5 Å². The van der Waals surface area contributed by atoms with E-state index in [1.165, 1.54) is 10.7 Å². The van der Waals surface area contributed by atoms with Gasteiger partial charge >= 0.3 is 6.18 Å². The van der Waals surface area contributed by atoms with E-state index in [1.54, 1.807) is 29.3 Å². The Balaban J connectivity index is 1.22. The molecule has 12 heteroatoms. The van der Waals surface area contributed by atoms with Gasteiger partial charge in [0.15, 0.2) is 0 Å². The number of piperidine rings is 1. The lowest BCUT2D eigenvalue weighted by atomic mass is 9.77. The van der Waals surface area contributed by atoms with E-state index in [4.69, 9.17) is 0 Å². The third kappa shape index (κ3) is 4.88. The maximum atomic E-state index is 12.9. The summed E-state index contributed by atoms with van der Waals surface area (Å²) >= 11 is 0. The Labute approximate surface area is 203 Å². The molecule has 2 saturated heterocycles. The molecular weight excluding hydrogens is 477 g/mol. The smallest absolute Gasteiger partial charge is 0.356 e. The highest BCUT2D eigenvalue weighted by atomic mass is 19.4. The molecule has 9 nitrogen and oxygen atoms in total. The maximum Gasteiger partial charge on any atom is 0.433 e. The van der Waals surface area contributed by atoms with Crippen LogP contribution in [0.4, 0.5) is 18.9 Å². The van der Waals surface area contributed by atoms with E-state index < -0.39 is 17.8 Å². The van der Waals surface area contributed by atoms with Crippen molar-refractivity contribution in [3.8, 4) is 0 Å². The molecule has 0 saturated carbocycles. The van der Waals surface area contributed by atoms with E-state index in [0.717, 1.165) is 25.0 Å². The van der Waals surface area contributed by atoms with Gasteiger partial charge in [0.1, 0.15) is 17.9 Å². The number of nitrogens with one attached hydrogen (secondary N) is 2. The fraction of sp³-hybridized carbons (Fsp3) is 0.375. The zero-order chi connectivity index (χ0) is 25.5. The summed E-state index contributed by atoms with van der Waals surface area (Å²) in [5.74, 6) is -0.774. The third-order valence-corrected chi connectivity index (χ3v) is 6.75. The van der Waals surface area contributed by atoms with E-state index in [9.17, 15) is 27.6 Å². The van der Waals surface area contributed by atoms with Gasteiger partial charge in [-0.2, -0.15) is 18.3 Å². The van der Waals surface area contributed by atoms with Gasteiger partial charge in [-0.1, -0.05) is 6.07 Å². The van der Waals surface area contributed by atoms with Crippen molar-refractivity contribution in [3.63, 3.8) is 0 Å². The first-order chi connectivity index (χ1) is 17.1. The average Bonchev–Trinajstić information content (AvgIpc) is 3.41. The zero-order valence-corrected chi connectivity index (χ0v) is 19.1. The van der Waals surface area contributed by atoms with Crippen LogP contribution in [0.15, 0.2) is 42.6 Å². The van der Waals surface area contributed by atoms with Crippen LogP contribution in [-0.2, 0) is 22.3 Å². The van der Waals surface area contributed by atoms with Gasteiger partial charge in [0.05, 0.1) is 5.52 Å². The fourth-order valence-electron chi connectivity index (χ4n) is 4.72. The molecule has 3 amide bonds. The Morgan fingerprint density at radius 1 is 1.14 bits per heavy atom. The number of rotatable bonds is 4. The Morgan fingerprint density at radius 2 is 1.92 bits per heavy atom. The summed E-state index contributed by atoms with van der Waals surface area (Å²) in [7, 11) is 0. The van der Waals surface area contributed by atoms with Crippen molar-refractivity contribution in [1.29, 1.82) is 0 Å². The first kappa shape index (κ1) is 23.8. The number of pyridine rings is 1. The largest absolute Gasteiger partial charge is 0.433 e. The average molecular weight is 500 g/mol. The van der Waals surface area contributed by atoms with Gasteiger partial charge in [-0.15, -0.1) is 0 Å². The monoisotopic (exact) mass is 500 g/mol. The Bertz CT molecular complexity index is 1340. The molecule has 188 valence electrons. The van der Waals surface area contributed by atoms with Crippen LogP contribution in [0, 0.1) is 5.41 Å². The maximum absolute atomic E-state index is 12.9. The van der Waals surface area contributed by atoms with Crippen LogP contribution in [0.3, 0.4) is 0 Å². The number of benzene rings is 1. The first-order valence-electron chi connectivity index (χ1n) is 11.5. The minimum atomic E-state index is -4.65. The Hall–Kier alpha value is -3.96. The standard InChI is InChI=1S/C24H23F3N6O3/c25-24(26,27)19-3-1-2-18(30-19)22(36)29-16-4-5-17-15(10-16)12-33(31-17)13-21(35)32-8-6-23(7-9-32)11-20(34)28-14-23/h1-5,10,12H,6-9,11,13-14H2,(H,28,34)(H,29,36). The van der Waals surface area contributed by atoms with Gasteiger partial charge in [-0.25, -0.2) is 4.98 Å². The summed E-state index contributed by atoms with van der Waals surface area (Å²) in [6.45, 7) is 1.90. The molecule has 0 bridgehead atoms. The summed E-state index contributed by atoms with van der Waals surface area (Å²) in [6.07, 6.45) is -0.896. The van der Waals surface area contributed by atoms with Gasteiger partial charge in [-0.3, -0.25) is 19.1 Å². The number of alkyl halides is 3. The molecule has 2 N–H and O–H groups in total. The fourth-order valence-corrected chi connectivity index (χ4v) is 4.72. The van der Waals surface area contributed by atoms with Crippen molar-refractivity contribution in [2.75, 3.05) is 25.0 Å². The van der Waals surface area contributed by atoms with Crippen LogP contribution in [0.25, 0.3) is 10.9 Å². The van der Waals surface area contributed by atoms with Crippen LogP contribution in [0.1, 0.15) is 35.4 Å². The van der Waals surface area contributed by atoms with Crippen molar-refractivity contribution in [2.24, 2.45) is 5.41 Å². The number of hydrogen-bond donors (Lipinski definition) is 2. The summed E-state index contributed by atoms with van der Waals surface area (Å²) in [5, 5.41) is 10.5. The Kier molecular flexibility index (Phi) is 5.89. The molecule has 2 aromatic heterocycles. The molecule has 1 spiro atoms. The minimum Gasteiger partial charge on any atom is -0.356 e. The van der Waals surface area contributed by atoms with Crippen LogP contribution in [0.2, 0.25) is 0 Å². The number of hydrogen-bond acceptors (Lipinski definition) is 5. The second-order valence-corrected chi connectivity index (χ2v) is 9.29. The van der Waals surface area contributed by atoms with Crippen LogP contribution >= 0.6 is 0 Å². The molecule has 0 radical (unpaired) electrons. The number of nitrogens with zero attached hydrogens (tertiary/aromatic N) is 4. The molecule has 2 aliphatic rings. The highest BCUT2D eigenvalue weighted by Crippen LogP contribution is 2.37. The number of aromatic nitrogens is 3. The lowest BCUT2D eigenvalue weighted by Crippen LogP contribution is -2.45. The number of halogens is 3. The van der Waals surface area contributed by atoms with Gasteiger partial charge in [0.25, 0.3) is 5.91 Å². The van der Waals surface area contributed by atoms with E-state index >= 15 is 0 Å². The molecule has 0 aliphatic carbocycles. The van der Waals surface area contributed by atoms with E-state index in [2.05, 4.69) is 20.7 Å². The summed E-state index contributed by atoms with van der Waals surface area (Å²) in [6, 6.07) is 7.99. The molecular formula is C24H23F3N6O3. The number of amides is 3. The SMILES string of the molecule is O=C1CC2(CCN(C(=O)Cn3cc4cc(NC(=O)c5cccc(C(F)(F)F)n5)ccc4n3)CC2)CN1. The summed E-state index contributed by atoms with van der Waals surface area (Å²) < 4.78 is 40.2. The molecule has 3 aromatic rings. The highest BCUT2D eigenvalue weighted by molar-refractivity contribution is 6.03. The predicted molar refractivity (Wildman–Crippen MR) is 123 cm³/mol. The number of anilines is 1. The van der Waals surface area contributed by atoms with Crippen molar-refractivity contribution in [2.45, 2.75) is 32.0 Å². The molecule has 5 rings (SSSR count). The second kappa shape index (κ2) is 8.92. The third-order valence-electron chi connectivity index (χ3n) is 6.75. The number of carbonyl (C=O) groups is 3. The molecule has 36 heavy (non-hydrogen) atoms. The van der Waals surface area contributed by atoms with Crippen LogP contribution in [-0.4, -0.2) is 57.0 Å². The summed E-state index contributed by atoms with van der Waals surface area (Å²) in [5.41, 5.74) is -0.579. The van der Waals surface area contributed by atoms with Gasteiger partial charge < -0.3 is 15.5 Å². The molecule has 4 heterocycles. The molecule has 2 fully saturated rings. The molecule has 0 atom stereocenters. The normalized spacial score (nSPS) is 17.4. The van der Waals surface area contributed by atoms with Crippen LogP contribution in [0.5, 0.6) is 0 Å². The molecule has 2 aliphatic heterocycles. The Morgan fingerprint density at radius 3 is 2.61 bits per heavy atom.